The molecule has 1 aliphatic carbocycles. The largest absolute Gasteiger partial charge is 0.456 e. The molecule has 0 unspecified atom stereocenters. The lowest BCUT2D eigenvalue weighted by Gasteiger charge is -2.28. The molecule has 2 rings (SSSR count). The topological polar surface area (TPSA) is 46.5 Å². The summed E-state index contributed by atoms with van der Waals surface area (Å²) in [6.45, 7) is 4.13. The third-order valence-corrected chi connectivity index (χ3v) is 5.45. The molecule has 1 N–H and O–H groups in total. The summed E-state index contributed by atoms with van der Waals surface area (Å²) in [6, 6.07) is 0. The van der Waals surface area contributed by atoms with Crippen LogP contribution in [-0.2, 0) is 9.53 Å². The summed E-state index contributed by atoms with van der Waals surface area (Å²) in [5, 5.41) is 10.5. The van der Waals surface area contributed by atoms with Crippen LogP contribution in [0.1, 0.15) is 84.5 Å². The molecule has 2 atom stereocenters. The summed E-state index contributed by atoms with van der Waals surface area (Å²) in [4.78, 5) is 12.2. The Morgan fingerprint density at radius 2 is 1.75 bits per heavy atom. The van der Waals surface area contributed by atoms with Crippen LogP contribution in [0.3, 0.4) is 0 Å². The van der Waals surface area contributed by atoms with Crippen LogP contribution in [0.2, 0.25) is 0 Å². The molecule has 136 valence electrons. The summed E-state index contributed by atoms with van der Waals surface area (Å²) >= 11 is 0. The average Bonchev–Trinajstić information content (AvgIpc) is 2.90. The molecule has 1 aliphatic heterocycles. The van der Waals surface area contributed by atoms with Gasteiger partial charge < -0.3 is 9.84 Å². The van der Waals surface area contributed by atoms with Crippen molar-refractivity contribution in [3.05, 3.63) is 23.8 Å². The number of esters is 1. The Kier molecular flexibility index (Phi) is 7.54. The lowest BCUT2D eigenvalue weighted by molar-refractivity contribution is -0.139. The zero-order valence-corrected chi connectivity index (χ0v) is 15.4. The number of carbonyl (C=O) groups is 1. The Labute approximate surface area is 147 Å². The van der Waals surface area contributed by atoms with Crippen molar-refractivity contribution in [2.24, 2.45) is 5.41 Å². The van der Waals surface area contributed by atoms with Gasteiger partial charge in [-0.1, -0.05) is 77.0 Å². The molecule has 0 bridgehead atoms. The van der Waals surface area contributed by atoms with E-state index in [0.717, 1.165) is 25.7 Å². The first-order valence-electron chi connectivity index (χ1n) is 9.91. The van der Waals surface area contributed by atoms with E-state index in [-0.39, 0.29) is 17.5 Å². The molecular weight excluding hydrogens is 300 g/mol. The maximum atomic E-state index is 12.2. The van der Waals surface area contributed by atoms with Crippen LogP contribution in [0.4, 0.5) is 0 Å². The van der Waals surface area contributed by atoms with E-state index in [4.69, 9.17) is 4.74 Å². The highest BCUT2D eigenvalue weighted by Crippen LogP contribution is 2.39. The molecule has 0 spiro atoms. The molecule has 0 radical (unpaired) electrons. The fraction of sp³-hybridized carbons (Fsp3) is 0.762. The minimum Gasteiger partial charge on any atom is -0.456 e. The smallest absolute Gasteiger partial charge is 0.336 e. The fourth-order valence-electron chi connectivity index (χ4n) is 3.94. The number of aliphatic hydroxyl groups excluding tert-OH is 1. The predicted octanol–water partition coefficient (Wildman–Crippen LogP) is 5.09. The number of aliphatic hydroxyl groups is 1. The Morgan fingerprint density at radius 1 is 1.12 bits per heavy atom. The summed E-state index contributed by atoms with van der Waals surface area (Å²) < 4.78 is 5.35. The number of allylic oxidation sites excluding steroid dienone is 3. The first-order chi connectivity index (χ1) is 11.6. The monoisotopic (exact) mass is 334 g/mol. The van der Waals surface area contributed by atoms with Crippen LogP contribution in [0.5, 0.6) is 0 Å². The Balaban J connectivity index is 2.29. The third-order valence-electron chi connectivity index (χ3n) is 5.45. The van der Waals surface area contributed by atoms with Crippen LogP contribution < -0.4 is 0 Å². The highest BCUT2D eigenvalue weighted by molar-refractivity contribution is 5.92. The Bertz CT molecular complexity index is 454. The van der Waals surface area contributed by atoms with Gasteiger partial charge in [-0.05, 0) is 25.7 Å². The molecule has 0 amide bonds. The number of hydrogen-bond acceptors (Lipinski definition) is 3. The highest BCUT2D eigenvalue weighted by atomic mass is 16.6. The number of cyclic esters (lactones) is 1. The van der Waals surface area contributed by atoms with Gasteiger partial charge in [-0.3, -0.25) is 0 Å². The van der Waals surface area contributed by atoms with Gasteiger partial charge in [-0.25, -0.2) is 4.79 Å². The summed E-state index contributed by atoms with van der Waals surface area (Å²) in [7, 11) is 0. The minimum atomic E-state index is -0.772. The quantitative estimate of drug-likeness (QED) is 0.433. The van der Waals surface area contributed by atoms with Crippen LogP contribution in [0.15, 0.2) is 23.8 Å². The van der Waals surface area contributed by atoms with Gasteiger partial charge in [0.05, 0.1) is 5.57 Å². The van der Waals surface area contributed by atoms with Crippen molar-refractivity contribution in [3.63, 3.8) is 0 Å². The second-order valence-electron chi connectivity index (χ2n) is 7.44. The average molecular weight is 335 g/mol. The fourth-order valence-corrected chi connectivity index (χ4v) is 3.94. The number of ether oxygens (including phenoxy) is 1. The summed E-state index contributed by atoms with van der Waals surface area (Å²) in [5.74, 6) is -0.322. The SMILES string of the molecule is CCC/C=C/C1(/C=C2\C(=O)O[C@H](CC)[C@@H]2O)CCCCCCCC1. The Hall–Kier alpha value is -1.09. The maximum absolute atomic E-state index is 12.2. The number of unbranched alkanes of at least 4 members (excludes halogenated alkanes) is 1. The third kappa shape index (κ3) is 4.95. The van der Waals surface area contributed by atoms with Gasteiger partial charge in [0.25, 0.3) is 0 Å². The summed E-state index contributed by atoms with van der Waals surface area (Å²) in [5.41, 5.74) is 0.388. The van der Waals surface area contributed by atoms with Gasteiger partial charge in [0, 0.05) is 5.41 Å². The van der Waals surface area contributed by atoms with Gasteiger partial charge in [0.15, 0.2) is 0 Å². The van der Waals surface area contributed by atoms with Crippen LogP contribution in [0, 0.1) is 5.41 Å². The zero-order chi connectivity index (χ0) is 17.4. The molecule has 24 heavy (non-hydrogen) atoms. The van der Waals surface area contributed by atoms with Gasteiger partial charge in [0.1, 0.15) is 12.2 Å². The van der Waals surface area contributed by atoms with E-state index in [1.165, 1.54) is 38.5 Å². The van der Waals surface area contributed by atoms with E-state index < -0.39 is 6.10 Å². The molecule has 0 aromatic heterocycles. The molecule has 0 aromatic carbocycles. The van der Waals surface area contributed by atoms with E-state index in [1.54, 1.807) is 0 Å². The second kappa shape index (κ2) is 9.41. The van der Waals surface area contributed by atoms with E-state index in [2.05, 4.69) is 25.2 Å². The van der Waals surface area contributed by atoms with Crippen LogP contribution >= 0.6 is 0 Å². The summed E-state index contributed by atoms with van der Waals surface area (Å²) in [6.07, 6.45) is 18.0. The highest BCUT2D eigenvalue weighted by Gasteiger charge is 2.39. The molecule has 2 fully saturated rings. The molecule has 2 aliphatic rings. The predicted molar refractivity (Wildman–Crippen MR) is 97.7 cm³/mol. The first-order valence-corrected chi connectivity index (χ1v) is 9.91. The maximum Gasteiger partial charge on any atom is 0.336 e. The Morgan fingerprint density at radius 3 is 2.29 bits per heavy atom. The lowest BCUT2D eigenvalue weighted by Crippen LogP contribution is -2.23. The molecule has 1 saturated carbocycles. The molecule has 3 nitrogen and oxygen atoms in total. The molecular formula is C21H34O3. The number of rotatable bonds is 5. The normalized spacial score (nSPS) is 30.1. The van der Waals surface area contributed by atoms with E-state index in [0.29, 0.717) is 12.0 Å². The molecule has 1 saturated heterocycles. The first kappa shape index (κ1) is 19.2. The number of carbonyl (C=O) groups excluding carboxylic acids is 1. The van der Waals surface area contributed by atoms with E-state index in [1.807, 2.05) is 6.92 Å². The van der Waals surface area contributed by atoms with Gasteiger partial charge in [0.2, 0.25) is 0 Å². The van der Waals surface area contributed by atoms with Crippen molar-refractivity contribution in [2.75, 3.05) is 0 Å². The van der Waals surface area contributed by atoms with Gasteiger partial charge in [-0.2, -0.15) is 0 Å². The number of hydrogen-bond donors (Lipinski definition) is 1. The lowest BCUT2D eigenvalue weighted by atomic mass is 9.76. The van der Waals surface area contributed by atoms with Gasteiger partial charge in [-0.15, -0.1) is 0 Å². The zero-order valence-electron chi connectivity index (χ0n) is 15.4. The van der Waals surface area contributed by atoms with Crippen molar-refractivity contribution in [1.82, 2.24) is 0 Å². The van der Waals surface area contributed by atoms with Crippen LogP contribution in [0.25, 0.3) is 0 Å². The second-order valence-corrected chi connectivity index (χ2v) is 7.44. The van der Waals surface area contributed by atoms with Crippen molar-refractivity contribution in [1.29, 1.82) is 0 Å². The molecule has 3 heteroatoms. The minimum absolute atomic E-state index is 0.0997. The van der Waals surface area contributed by atoms with Crippen molar-refractivity contribution in [3.8, 4) is 0 Å². The van der Waals surface area contributed by atoms with Crippen LogP contribution in [-0.4, -0.2) is 23.3 Å². The van der Waals surface area contributed by atoms with Crippen molar-refractivity contribution in [2.45, 2.75) is 96.7 Å². The van der Waals surface area contributed by atoms with E-state index >= 15 is 0 Å². The van der Waals surface area contributed by atoms with Gasteiger partial charge >= 0.3 is 5.97 Å². The molecule has 0 aromatic rings. The van der Waals surface area contributed by atoms with Crippen molar-refractivity contribution >= 4 is 5.97 Å². The van der Waals surface area contributed by atoms with Crippen molar-refractivity contribution < 1.29 is 14.6 Å². The molecule has 1 heterocycles. The van der Waals surface area contributed by atoms with E-state index in [9.17, 15) is 9.90 Å². The standard InChI is InChI=1S/C21H34O3/c1-3-5-10-13-21(14-11-8-6-7-9-12-15-21)16-17-19(22)18(4-2)24-20(17)23/h10,13,16,18-19,22H,3-9,11-12,14-15H2,1-2H3/b13-10+,17-16-/t18-,19-/m1/s1.